The summed E-state index contributed by atoms with van der Waals surface area (Å²) in [5.41, 5.74) is 6.15. The standard InChI is InChI=1S/C18H29NO/c1-18(2,3)17-11-9-16(10-12-17)15-7-5-14(6-8-15)13-19-20-4/h5-8,16-17,19H,9-13H2,1-4H3. The van der Waals surface area contributed by atoms with Gasteiger partial charge in [0.15, 0.2) is 0 Å². The minimum atomic E-state index is 0.473. The highest BCUT2D eigenvalue weighted by molar-refractivity contribution is 5.25. The lowest BCUT2D eigenvalue weighted by atomic mass is 9.68. The SMILES string of the molecule is CONCc1ccc(C2CCC(C(C)(C)C)CC2)cc1. The molecule has 0 heterocycles. The van der Waals surface area contributed by atoms with Crippen LogP contribution in [-0.4, -0.2) is 7.11 Å². The first kappa shape index (κ1) is 15.5. The zero-order chi connectivity index (χ0) is 14.6. The van der Waals surface area contributed by atoms with Crippen LogP contribution < -0.4 is 5.48 Å². The fraction of sp³-hybridized carbons (Fsp3) is 0.667. The van der Waals surface area contributed by atoms with Crippen LogP contribution in [0, 0.1) is 11.3 Å². The maximum Gasteiger partial charge on any atom is 0.0572 e. The van der Waals surface area contributed by atoms with Crippen molar-refractivity contribution in [3.8, 4) is 0 Å². The second-order valence-electron chi connectivity index (χ2n) is 7.18. The molecule has 0 radical (unpaired) electrons. The van der Waals surface area contributed by atoms with E-state index in [2.05, 4.69) is 50.5 Å². The number of hydrogen-bond donors (Lipinski definition) is 1. The molecule has 0 saturated heterocycles. The molecule has 0 bridgehead atoms. The van der Waals surface area contributed by atoms with Crippen LogP contribution in [0.3, 0.4) is 0 Å². The Morgan fingerprint density at radius 2 is 1.65 bits per heavy atom. The van der Waals surface area contributed by atoms with Gasteiger partial charge in [-0.3, -0.25) is 0 Å². The summed E-state index contributed by atoms with van der Waals surface area (Å²) in [7, 11) is 1.65. The van der Waals surface area contributed by atoms with Gasteiger partial charge in [0.25, 0.3) is 0 Å². The van der Waals surface area contributed by atoms with E-state index in [0.29, 0.717) is 5.41 Å². The van der Waals surface area contributed by atoms with Crippen LogP contribution in [-0.2, 0) is 11.4 Å². The highest BCUT2D eigenvalue weighted by Crippen LogP contribution is 2.43. The molecule has 0 unspecified atom stereocenters. The summed E-state index contributed by atoms with van der Waals surface area (Å²) >= 11 is 0. The fourth-order valence-electron chi connectivity index (χ4n) is 3.36. The van der Waals surface area contributed by atoms with Crippen LogP contribution in [0.1, 0.15) is 63.5 Å². The summed E-state index contributed by atoms with van der Waals surface area (Å²) in [6.07, 6.45) is 5.44. The van der Waals surface area contributed by atoms with Gasteiger partial charge in [-0.25, -0.2) is 0 Å². The summed E-state index contributed by atoms with van der Waals surface area (Å²) in [6.45, 7) is 7.92. The first-order valence-corrected chi connectivity index (χ1v) is 7.85. The number of rotatable bonds is 4. The third kappa shape index (κ3) is 4.07. The molecule has 1 saturated carbocycles. The molecule has 1 aliphatic carbocycles. The molecular formula is C18H29NO. The van der Waals surface area contributed by atoms with Crippen molar-refractivity contribution in [2.24, 2.45) is 11.3 Å². The van der Waals surface area contributed by atoms with E-state index in [1.807, 2.05) is 0 Å². The monoisotopic (exact) mass is 275 g/mol. The molecular weight excluding hydrogens is 246 g/mol. The average molecular weight is 275 g/mol. The van der Waals surface area contributed by atoms with E-state index in [9.17, 15) is 0 Å². The van der Waals surface area contributed by atoms with Crippen molar-refractivity contribution in [2.45, 2.75) is 58.9 Å². The third-order valence-electron chi connectivity index (χ3n) is 4.82. The Bertz CT molecular complexity index is 396. The molecule has 0 atom stereocenters. The highest BCUT2D eigenvalue weighted by atomic mass is 16.6. The zero-order valence-corrected chi connectivity index (χ0v) is 13.4. The number of hydrogen-bond acceptors (Lipinski definition) is 2. The van der Waals surface area contributed by atoms with E-state index in [4.69, 9.17) is 4.84 Å². The molecule has 0 spiro atoms. The van der Waals surface area contributed by atoms with Gasteiger partial charge in [-0.15, -0.1) is 0 Å². The maximum atomic E-state index is 4.89. The predicted octanol–water partition coefficient (Wildman–Crippen LogP) is 4.66. The van der Waals surface area contributed by atoms with Crippen molar-refractivity contribution >= 4 is 0 Å². The van der Waals surface area contributed by atoms with Crippen LogP contribution in [0.15, 0.2) is 24.3 Å². The first-order valence-electron chi connectivity index (χ1n) is 7.85. The lowest BCUT2D eigenvalue weighted by molar-refractivity contribution is 0.0867. The van der Waals surface area contributed by atoms with E-state index >= 15 is 0 Å². The van der Waals surface area contributed by atoms with E-state index in [1.165, 1.54) is 36.8 Å². The summed E-state index contributed by atoms with van der Waals surface area (Å²) in [5, 5.41) is 0. The molecule has 0 aromatic heterocycles. The van der Waals surface area contributed by atoms with E-state index in [1.54, 1.807) is 7.11 Å². The molecule has 1 aliphatic rings. The van der Waals surface area contributed by atoms with Gasteiger partial charge >= 0.3 is 0 Å². The molecule has 0 amide bonds. The summed E-state index contributed by atoms with van der Waals surface area (Å²) in [4.78, 5) is 4.89. The number of hydroxylamine groups is 1. The number of nitrogens with one attached hydrogen (secondary N) is 1. The normalized spacial score (nSPS) is 23.8. The van der Waals surface area contributed by atoms with Crippen molar-refractivity contribution in [1.82, 2.24) is 5.48 Å². The van der Waals surface area contributed by atoms with Crippen LogP contribution in [0.2, 0.25) is 0 Å². The van der Waals surface area contributed by atoms with Gasteiger partial charge in [0, 0.05) is 6.54 Å². The van der Waals surface area contributed by atoms with Crippen LogP contribution in [0.25, 0.3) is 0 Å². The molecule has 2 rings (SSSR count). The maximum absolute atomic E-state index is 4.89. The van der Waals surface area contributed by atoms with E-state index < -0.39 is 0 Å². The quantitative estimate of drug-likeness (QED) is 0.807. The lowest BCUT2D eigenvalue weighted by Gasteiger charge is -2.37. The molecule has 2 nitrogen and oxygen atoms in total. The third-order valence-corrected chi connectivity index (χ3v) is 4.82. The van der Waals surface area contributed by atoms with Crippen molar-refractivity contribution in [2.75, 3.05) is 7.11 Å². The van der Waals surface area contributed by atoms with Gasteiger partial charge in [-0.2, -0.15) is 5.48 Å². The molecule has 1 fully saturated rings. The topological polar surface area (TPSA) is 21.3 Å². The largest absolute Gasteiger partial charge is 0.305 e. The Morgan fingerprint density at radius 1 is 1.05 bits per heavy atom. The van der Waals surface area contributed by atoms with Gasteiger partial charge < -0.3 is 4.84 Å². The second-order valence-corrected chi connectivity index (χ2v) is 7.18. The van der Waals surface area contributed by atoms with E-state index in [-0.39, 0.29) is 0 Å². The number of benzene rings is 1. The summed E-state index contributed by atoms with van der Waals surface area (Å²) in [5.74, 6) is 1.65. The van der Waals surface area contributed by atoms with Gasteiger partial charge in [0.05, 0.1) is 7.11 Å². The minimum absolute atomic E-state index is 0.473. The Labute approximate surface area is 123 Å². The summed E-state index contributed by atoms with van der Waals surface area (Å²) in [6, 6.07) is 9.04. The Morgan fingerprint density at radius 3 is 2.15 bits per heavy atom. The van der Waals surface area contributed by atoms with Gasteiger partial charge in [0.2, 0.25) is 0 Å². The molecule has 1 aromatic carbocycles. The smallest absolute Gasteiger partial charge is 0.0572 e. The average Bonchev–Trinajstić information content (AvgIpc) is 2.45. The second kappa shape index (κ2) is 6.73. The molecule has 0 aliphatic heterocycles. The van der Waals surface area contributed by atoms with Crippen molar-refractivity contribution in [3.05, 3.63) is 35.4 Å². The molecule has 112 valence electrons. The van der Waals surface area contributed by atoms with Crippen molar-refractivity contribution in [3.63, 3.8) is 0 Å². The Balaban J connectivity index is 1.90. The fourth-order valence-corrected chi connectivity index (χ4v) is 3.36. The molecule has 1 aromatic rings. The predicted molar refractivity (Wildman–Crippen MR) is 84.4 cm³/mol. The van der Waals surface area contributed by atoms with Gasteiger partial charge in [-0.1, -0.05) is 45.0 Å². The lowest BCUT2D eigenvalue weighted by Crippen LogP contribution is -2.25. The van der Waals surface area contributed by atoms with Crippen LogP contribution in [0.5, 0.6) is 0 Å². The van der Waals surface area contributed by atoms with Gasteiger partial charge in [0.1, 0.15) is 0 Å². The van der Waals surface area contributed by atoms with Crippen molar-refractivity contribution < 1.29 is 4.84 Å². The van der Waals surface area contributed by atoms with Gasteiger partial charge in [-0.05, 0) is 54.1 Å². The Hall–Kier alpha value is -0.860. The Kier molecular flexibility index (Phi) is 5.22. The minimum Gasteiger partial charge on any atom is -0.305 e. The zero-order valence-electron chi connectivity index (χ0n) is 13.4. The molecule has 2 heteroatoms. The molecule has 1 N–H and O–H groups in total. The molecule has 20 heavy (non-hydrogen) atoms. The first-order chi connectivity index (χ1) is 9.50. The van der Waals surface area contributed by atoms with Crippen LogP contribution in [0.4, 0.5) is 0 Å². The van der Waals surface area contributed by atoms with Crippen LogP contribution >= 0.6 is 0 Å². The summed E-state index contributed by atoms with van der Waals surface area (Å²) < 4.78 is 0. The highest BCUT2D eigenvalue weighted by Gasteiger charge is 2.30. The van der Waals surface area contributed by atoms with Crippen molar-refractivity contribution in [1.29, 1.82) is 0 Å². The van der Waals surface area contributed by atoms with E-state index in [0.717, 1.165) is 18.4 Å².